The molecular formula is C11H16BrNOS. The van der Waals surface area contributed by atoms with E-state index in [1.54, 1.807) is 6.26 Å². The van der Waals surface area contributed by atoms with Crippen molar-refractivity contribution in [1.82, 2.24) is 5.32 Å². The van der Waals surface area contributed by atoms with Crippen LogP contribution in [0, 0.1) is 0 Å². The highest BCUT2D eigenvalue weighted by Gasteiger charge is 2.07. The molecule has 2 nitrogen and oxygen atoms in total. The summed E-state index contributed by atoms with van der Waals surface area (Å²) >= 11 is 3.52. The molecule has 0 saturated carbocycles. The average molecular weight is 290 g/mol. The fourth-order valence-corrected chi connectivity index (χ4v) is 2.39. The van der Waals surface area contributed by atoms with Crippen molar-refractivity contribution in [3.8, 4) is 0 Å². The number of nitrogens with one attached hydrogen (secondary N) is 1. The van der Waals surface area contributed by atoms with Gasteiger partial charge < -0.3 is 5.32 Å². The fraction of sp³-hybridized carbons (Fsp3) is 0.455. The molecule has 0 aliphatic heterocycles. The van der Waals surface area contributed by atoms with Gasteiger partial charge >= 0.3 is 0 Å². The van der Waals surface area contributed by atoms with Crippen LogP contribution in [0.15, 0.2) is 28.7 Å². The predicted molar refractivity (Wildman–Crippen MR) is 69.5 cm³/mol. The Bertz CT molecular complexity index is 343. The Morgan fingerprint density at radius 3 is 2.73 bits per heavy atom. The Balaban J connectivity index is 2.50. The molecule has 0 bridgehead atoms. The van der Waals surface area contributed by atoms with Crippen LogP contribution in [-0.4, -0.2) is 22.8 Å². The van der Waals surface area contributed by atoms with E-state index in [9.17, 15) is 4.21 Å². The number of rotatable bonds is 5. The monoisotopic (exact) mass is 289 g/mol. The van der Waals surface area contributed by atoms with Gasteiger partial charge in [-0.3, -0.25) is 4.21 Å². The summed E-state index contributed by atoms with van der Waals surface area (Å²) in [6.45, 7) is 2.89. The van der Waals surface area contributed by atoms with Gasteiger partial charge in [0.2, 0.25) is 0 Å². The molecule has 0 radical (unpaired) electrons. The second-order valence-corrected chi connectivity index (χ2v) is 5.88. The number of hydrogen-bond donors (Lipinski definition) is 1. The Hall–Kier alpha value is -0.190. The second-order valence-electron chi connectivity index (χ2n) is 3.47. The van der Waals surface area contributed by atoms with E-state index in [1.165, 1.54) is 5.56 Å². The largest absolute Gasteiger partial charge is 0.309 e. The first-order valence-electron chi connectivity index (χ1n) is 4.89. The van der Waals surface area contributed by atoms with E-state index < -0.39 is 10.8 Å². The van der Waals surface area contributed by atoms with E-state index in [-0.39, 0.29) is 6.04 Å². The number of hydrogen-bond acceptors (Lipinski definition) is 2. The van der Waals surface area contributed by atoms with E-state index >= 15 is 0 Å². The summed E-state index contributed by atoms with van der Waals surface area (Å²) in [7, 11) is -0.718. The first-order valence-corrected chi connectivity index (χ1v) is 7.41. The quantitative estimate of drug-likeness (QED) is 0.902. The summed E-state index contributed by atoms with van der Waals surface area (Å²) in [5.41, 5.74) is 1.24. The summed E-state index contributed by atoms with van der Waals surface area (Å²) in [6.07, 6.45) is 1.73. The molecule has 4 heteroatoms. The standard InChI is InChI=1S/C11H16BrNOS/c1-9(13-7-8-15(2)14)10-5-3-4-6-11(10)12/h3-6,9,13H,7-8H2,1-2H3. The van der Waals surface area contributed by atoms with Crippen LogP contribution in [0.3, 0.4) is 0 Å². The van der Waals surface area contributed by atoms with Gasteiger partial charge in [-0.05, 0) is 18.6 Å². The van der Waals surface area contributed by atoms with Crippen LogP contribution < -0.4 is 5.32 Å². The zero-order valence-electron chi connectivity index (χ0n) is 9.00. The van der Waals surface area contributed by atoms with E-state index in [0.29, 0.717) is 5.75 Å². The van der Waals surface area contributed by atoms with Crippen LogP contribution in [0.1, 0.15) is 18.5 Å². The minimum atomic E-state index is -0.718. The molecule has 0 spiro atoms. The number of benzene rings is 1. The van der Waals surface area contributed by atoms with Gasteiger partial charge in [-0.2, -0.15) is 0 Å². The smallest absolute Gasteiger partial charge is 0.0357 e. The van der Waals surface area contributed by atoms with Crippen molar-refractivity contribution in [1.29, 1.82) is 0 Å². The van der Waals surface area contributed by atoms with Crippen LogP contribution >= 0.6 is 15.9 Å². The highest BCUT2D eigenvalue weighted by molar-refractivity contribution is 9.10. The van der Waals surface area contributed by atoms with E-state index in [4.69, 9.17) is 0 Å². The van der Waals surface area contributed by atoms with Crippen LogP contribution in [0.25, 0.3) is 0 Å². The third-order valence-electron chi connectivity index (χ3n) is 2.21. The van der Waals surface area contributed by atoms with Crippen LogP contribution in [0.2, 0.25) is 0 Å². The lowest BCUT2D eigenvalue weighted by atomic mass is 10.1. The molecule has 0 amide bonds. The first-order chi connectivity index (χ1) is 7.11. The lowest BCUT2D eigenvalue weighted by Gasteiger charge is -2.15. The lowest BCUT2D eigenvalue weighted by molar-refractivity contribution is 0.595. The summed E-state index contributed by atoms with van der Waals surface area (Å²) in [6, 6.07) is 8.43. The molecule has 0 heterocycles. The molecule has 0 aromatic heterocycles. The van der Waals surface area contributed by atoms with E-state index in [2.05, 4.69) is 34.2 Å². The molecule has 2 atom stereocenters. The van der Waals surface area contributed by atoms with Gasteiger partial charge in [-0.1, -0.05) is 34.1 Å². The molecule has 1 N–H and O–H groups in total. The van der Waals surface area contributed by atoms with Gasteiger partial charge in [-0.25, -0.2) is 0 Å². The summed E-state index contributed by atoms with van der Waals surface area (Å²) in [5.74, 6) is 0.703. The molecule has 1 rings (SSSR count). The zero-order valence-corrected chi connectivity index (χ0v) is 11.4. The minimum Gasteiger partial charge on any atom is -0.309 e. The van der Waals surface area contributed by atoms with Crippen molar-refractivity contribution in [2.75, 3.05) is 18.6 Å². The summed E-state index contributed by atoms with van der Waals surface area (Å²) in [5, 5.41) is 3.35. The van der Waals surface area contributed by atoms with Gasteiger partial charge in [0.25, 0.3) is 0 Å². The molecule has 1 aromatic rings. The predicted octanol–water partition coefficient (Wildman–Crippen LogP) is 2.48. The molecule has 84 valence electrons. The molecule has 2 unspecified atom stereocenters. The maximum Gasteiger partial charge on any atom is 0.0357 e. The molecule has 0 saturated heterocycles. The highest BCUT2D eigenvalue weighted by Crippen LogP contribution is 2.22. The van der Waals surface area contributed by atoms with Crippen molar-refractivity contribution in [2.45, 2.75) is 13.0 Å². The number of halogens is 1. The van der Waals surface area contributed by atoms with Crippen LogP contribution in [-0.2, 0) is 10.8 Å². The third kappa shape index (κ3) is 4.45. The van der Waals surface area contributed by atoms with Crippen molar-refractivity contribution >= 4 is 26.7 Å². The maximum absolute atomic E-state index is 10.9. The van der Waals surface area contributed by atoms with Gasteiger partial charge in [-0.15, -0.1) is 0 Å². The summed E-state index contributed by atoms with van der Waals surface area (Å²) in [4.78, 5) is 0. The molecule has 1 aromatic carbocycles. The molecule has 0 fully saturated rings. The minimum absolute atomic E-state index is 0.282. The summed E-state index contributed by atoms with van der Waals surface area (Å²) < 4.78 is 12.0. The van der Waals surface area contributed by atoms with E-state index in [1.807, 2.05) is 18.2 Å². The maximum atomic E-state index is 10.9. The molecule has 15 heavy (non-hydrogen) atoms. The van der Waals surface area contributed by atoms with Gasteiger partial charge in [0.15, 0.2) is 0 Å². The zero-order chi connectivity index (χ0) is 11.3. The SMILES string of the molecule is CC(NCCS(C)=O)c1ccccc1Br. The van der Waals surface area contributed by atoms with Crippen molar-refractivity contribution < 1.29 is 4.21 Å². The van der Waals surface area contributed by atoms with Crippen LogP contribution in [0.5, 0.6) is 0 Å². The van der Waals surface area contributed by atoms with E-state index in [0.717, 1.165) is 11.0 Å². The lowest BCUT2D eigenvalue weighted by Crippen LogP contribution is -2.23. The fourth-order valence-electron chi connectivity index (χ4n) is 1.36. The second kappa shape index (κ2) is 6.40. The normalized spacial score (nSPS) is 14.9. The van der Waals surface area contributed by atoms with Gasteiger partial charge in [0.05, 0.1) is 0 Å². The van der Waals surface area contributed by atoms with Crippen LogP contribution in [0.4, 0.5) is 0 Å². The topological polar surface area (TPSA) is 29.1 Å². The molecule has 0 aliphatic rings. The van der Waals surface area contributed by atoms with Gasteiger partial charge in [0, 0.05) is 39.9 Å². The Labute approximate surface area is 102 Å². The van der Waals surface area contributed by atoms with Gasteiger partial charge in [0.1, 0.15) is 0 Å². The Morgan fingerprint density at radius 2 is 2.13 bits per heavy atom. The highest BCUT2D eigenvalue weighted by atomic mass is 79.9. The van der Waals surface area contributed by atoms with Crippen molar-refractivity contribution in [2.24, 2.45) is 0 Å². The molecular weight excluding hydrogens is 274 g/mol. The van der Waals surface area contributed by atoms with Crippen molar-refractivity contribution in [3.05, 3.63) is 34.3 Å². The Kier molecular flexibility index (Phi) is 5.50. The average Bonchev–Trinajstić information content (AvgIpc) is 2.17. The first kappa shape index (κ1) is 12.9. The molecule has 0 aliphatic carbocycles. The third-order valence-corrected chi connectivity index (χ3v) is 3.71. The Morgan fingerprint density at radius 1 is 1.47 bits per heavy atom. The van der Waals surface area contributed by atoms with Crippen molar-refractivity contribution in [3.63, 3.8) is 0 Å².